The Morgan fingerprint density at radius 2 is 1.73 bits per heavy atom. The highest BCUT2D eigenvalue weighted by atomic mass is 16.7. The molecule has 5 heteroatoms. The fourth-order valence-corrected chi connectivity index (χ4v) is 1.12. The molecule has 0 aromatic carbocycles. The molecule has 0 aromatic rings. The Morgan fingerprint density at radius 3 is 2.07 bits per heavy atom. The Morgan fingerprint density at radius 1 is 1.27 bits per heavy atom. The van der Waals surface area contributed by atoms with Gasteiger partial charge in [0.15, 0.2) is 6.29 Å². The van der Waals surface area contributed by atoms with Crippen molar-refractivity contribution in [2.75, 3.05) is 14.2 Å². The predicted octanol–water partition coefficient (Wildman–Crippen LogP) is 0.664. The van der Waals surface area contributed by atoms with Crippen LogP contribution in [0.25, 0.3) is 0 Å². The molecule has 1 atom stereocenters. The van der Waals surface area contributed by atoms with Crippen LogP contribution in [0.2, 0.25) is 0 Å². The van der Waals surface area contributed by atoms with Crippen LogP contribution in [-0.2, 0) is 19.0 Å². The molecule has 0 aliphatic rings. The molecule has 0 aliphatic carbocycles. The summed E-state index contributed by atoms with van der Waals surface area (Å²) in [5.41, 5.74) is 5.21. The summed E-state index contributed by atoms with van der Waals surface area (Å²) >= 11 is 0. The zero-order valence-corrected chi connectivity index (χ0v) is 10.1. The number of hydrogen-bond acceptors (Lipinski definition) is 5. The third-order valence-electron chi connectivity index (χ3n) is 1.64. The average Bonchev–Trinajstić information content (AvgIpc) is 2.02. The first-order valence-corrected chi connectivity index (χ1v) is 4.83. The minimum atomic E-state index is -0.586. The Bertz CT molecular complexity index is 196. The topological polar surface area (TPSA) is 70.8 Å². The van der Waals surface area contributed by atoms with Crippen molar-refractivity contribution in [3.63, 3.8) is 0 Å². The van der Waals surface area contributed by atoms with Crippen LogP contribution in [0.15, 0.2) is 0 Å². The molecule has 0 amide bonds. The maximum Gasteiger partial charge on any atom is 0.308 e. The van der Waals surface area contributed by atoms with Crippen molar-refractivity contribution >= 4 is 5.97 Å². The molecule has 0 fully saturated rings. The van der Waals surface area contributed by atoms with E-state index in [1.807, 2.05) is 0 Å². The van der Waals surface area contributed by atoms with Crippen LogP contribution in [-0.4, -0.2) is 38.1 Å². The van der Waals surface area contributed by atoms with E-state index in [0.29, 0.717) is 0 Å². The van der Waals surface area contributed by atoms with Crippen molar-refractivity contribution in [3.05, 3.63) is 0 Å². The molecule has 0 spiro atoms. The lowest BCUT2D eigenvalue weighted by molar-refractivity contribution is -0.161. The third-order valence-corrected chi connectivity index (χ3v) is 1.64. The van der Waals surface area contributed by atoms with Gasteiger partial charge in [-0.15, -0.1) is 0 Å². The standard InChI is InChI=1S/C10H21NO4/c1-10(2,3)15-8(12)6-7(11)9(13-4)14-5/h7,9H,6,11H2,1-5H3/t7-/m0/s1. The highest BCUT2D eigenvalue weighted by Gasteiger charge is 2.23. The molecular weight excluding hydrogens is 198 g/mol. The first-order chi connectivity index (χ1) is 6.80. The molecule has 0 saturated carbocycles. The number of carbonyl (C=O) groups is 1. The van der Waals surface area contributed by atoms with E-state index >= 15 is 0 Å². The maximum atomic E-state index is 11.4. The summed E-state index contributed by atoms with van der Waals surface area (Å²) in [6, 6.07) is -0.519. The SMILES string of the molecule is COC(OC)[C@@H](N)CC(=O)OC(C)(C)C. The summed E-state index contributed by atoms with van der Waals surface area (Å²) in [6.45, 7) is 5.42. The van der Waals surface area contributed by atoms with Crippen molar-refractivity contribution in [1.82, 2.24) is 0 Å². The lowest BCUT2D eigenvalue weighted by atomic mass is 10.1. The molecule has 0 aliphatic heterocycles. The third kappa shape index (κ3) is 6.43. The van der Waals surface area contributed by atoms with Gasteiger partial charge in [-0.1, -0.05) is 0 Å². The van der Waals surface area contributed by atoms with Gasteiger partial charge in [0.1, 0.15) is 5.60 Å². The first kappa shape index (κ1) is 14.3. The molecular formula is C10H21NO4. The van der Waals surface area contributed by atoms with Crippen LogP contribution in [0, 0.1) is 0 Å². The van der Waals surface area contributed by atoms with Crippen LogP contribution in [0.4, 0.5) is 0 Å². The molecule has 0 unspecified atom stereocenters. The van der Waals surface area contributed by atoms with Crippen molar-refractivity contribution in [2.24, 2.45) is 5.73 Å². The monoisotopic (exact) mass is 219 g/mol. The number of rotatable bonds is 5. The molecule has 5 nitrogen and oxygen atoms in total. The number of esters is 1. The molecule has 0 radical (unpaired) electrons. The van der Waals surface area contributed by atoms with E-state index < -0.39 is 17.9 Å². The zero-order chi connectivity index (χ0) is 12.1. The van der Waals surface area contributed by atoms with E-state index in [0.717, 1.165) is 0 Å². The Balaban J connectivity index is 4.06. The summed E-state index contributed by atoms with van der Waals surface area (Å²) in [7, 11) is 2.95. The largest absolute Gasteiger partial charge is 0.460 e. The predicted molar refractivity (Wildman–Crippen MR) is 56.2 cm³/mol. The number of nitrogens with two attached hydrogens (primary N) is 1. The van der Waals surface area contributed by atoms with E-state index in [4.69, 9.17) is 19.9 Å². The van der Waals surface area contributed by atoms with Gasteiger partial charge in [-0.2, -0.15) is 0 Å². The van der Waals surface area contributed by atoms with Crippen LogP contribution in [0.1, 0.15) is 27.2 Å². The van der Waals surface area contributed by atoms with Gasteiger partial charge in [0.05, 0.1) is 12.5 Å². The van der Waals surface area contributed by atoms with Crippen molar-refractivity contribution in [1.29, 1.82) is 0 Å². The van der Waals surface area contributed by atoms with E-state index in [2.05, 4.69) is 0 Å². The molecule has 0 saturated heterocycles. The summed E-state index contributed by atoms with van der Waals surface area (Å²) in [5, 5.41) is 0. The van der Waals surface area contributed by atoms with E-state index in [1.165, 1.54) is 14.2 Å². The van der Waals surface area contributed by atoms with E-state index in [1.54, 1.807) is 20.8 Å². The van der Waals surface area contributed by atoms with Crippen LogP contribution < -0.4 is 5.73 Å². The van der Waals surface area contributed by atoms with Gasteiger partial charge < -0.3 is 19.9 Å². The van der Waals surface area contributed by atoms with Gasteiger partial charge in [-0.05, 0) is 20.8 Å². The quantitative estimate of drug-likeness (QED) is 0.543. The van der Waals surface area contributed by atoms with Crippen molar-refractivity contribution in [3.8, 4) is 0 Å². The summed E-state index contributed by atoms with van der Waals surface area (Å²) in [4.78, 5) is 11.4. The minimum absolute atomic E-state index is 0.0730. The zero-order valence-electron chi connectivity index (χ0n) is 10.1. The van der Waals surface area contributed by atoms with Crippen molar-refractivity contribution in [2.45, 2.75) is 45.1 Å². The second kappa shape index (κ2) is 6.05. The molecule has 0 aromatic heterocycles. The van der Waals surface area contributed by atoms with E-state index in [-0.39, 0.29) is 12.4 Å². The lowest BCUT2D eigenvalue weighted by Crippen LogP contribution is -2.40. The number of methoxy groups -OCH3 is 2. The van der Waals surface area contributed by atoms with Gasteiger partial charge >= 0.3 is 5.97 Å². The fourth-order valence-electron chi connectivity index (χ4n) is 1.12. The number of carbonyl (C=O) groups excluding carboxylic acids is 1. The van der Waals surface area contributed by atoms with Gasteiger partial charge in [0.2, 0.25) is 0 Å². The summed E-state index contributed by atoms with van der Waals surface area (Å²) < 4.78 is 15.0. The molecule has 2 N–H and O–H groups in total. The van der Waals surface area contributed by atoms with Crippen LogP contribution >= 0.6 is 0 Å². The normalized spacial score (nSPS) is 14.1. The Hall–Kier alpha value is -0.650. The van der Waals surface area contributed by atoms with Gasteiger partial charge in [0.25, 0.3) is 0 Å². The summed E-state index contributed by atoms with van der Waals surface area (Å²) in [6.07, 6.45) is -0.513. The minimum Gasteiger partial charge on any atom is -0.460 e. The molecule has 15 heavy (non-hydrogen) atoms. The highest BCUT2D eigenvalue weighted by Crippen LogP contribution is 2.10. The second-order valence-electron chi connectivity index (χ2n) is 4.29. The Kier molecular flexibility index (Phi) is 5.79. The number of ether oxygens (including phenoxy) is 3. The van der Waals surface area contributed by atoms with E-state index in [9.17, 15) is 4.79 Å². The smallest absolute Gasteiger partial charge is 0.308 e. The summed E-state index contributed by atoms with van der Waals surface area (Å²) in [5.74, 6) is -0.353. The van der Waals surface area contributed by atoms with Gasteiger partial charge in [-0.3, -0.25) is 4.79 Å². The Labute approximate surface area is 90.9 Å². The average molecular weight is 219 g/mol. The maximum absolute atomic E-state index is 11.4. The van der Waals surface area contributed by atoms with Gasteiger partial charge in [-0.25, -0.2) is 0 Å². The van der Waals surface area contributed by atoms with Crippen LogP contribution in [0.5, 0.6) is 0 Å². The second-order valence-corrected chi connectivity index (χ2v) is 4.29. The number of hydrogen-bond donors (Lipinski definition) is 1. The highest BCUT2D eigenvalue weighted by molar-refractivity contribution is 5.70. The van der Waals surface area contributed by atoms with Gasteiger partial charge in [0, 0.05) is 14.2 Å². The molecule has 0 heterocycles. The first-order valence-electron chi connectivity index (χ1n) is 4.83. The fraction of sp³-hybridized carbons (Fsp3) is 0.900. The lowest BCUT2D eigenvalue weighted by Gasteiger charge is -2.23. The van der Waals surface area contributed by atoms with Crippen LogP contribution in [0.3, 0.4) is 0 Å². The molecule has 0 rings (SSSR count). The molecule has 90 valence electrons. The molecule has 0 bridgehead atoms. The van der Waals surface area contributed by atoms with Crippen molar-refractivity contribution < 1.29 is 19.0 Å².